The maximum atomic E-state index is 12.4. The van der Waals surface area contributed by atoms with Crippen molar-refractivity contribution in [2.45, 2.75) is 13.5 Å². The van der Waals surface area contributed by atoms with Crippen LogP contribution in [0.25, 0.3) is 6.08 Å². The molecule has 1 aliphatic heterocycles. The average Bonchev–Trinajstić information content (AvgIpc) is 3.18. The lowest BCUT2D eigenvalue weighted by Gasteiger charge is -2.12. The average molecular weight is 479 g/mol. The second kappa shape index (κ2) is 9.76. The fraction of sp³-hybridized carbons (Fsp3) is 0.120. The van der Waals surface area contributed by atoms with Crippen LogP contribution in [0.15, 0.2) is 71.4 Å². The number of hydrogen-bond donors (Lipinski definition) is 0. The van der Waals surface area contributed by atoms with Crippen molar-refractivity contribution in [2.75, 3.05) is 7.11 Å². The molecular weight excluding hydrogens is 460 g/mol. The zero-order chi connectivity index (χ0) is 24.2. The first-order valence-corrected chi connectivity index (χ1v) is 10.6. The number of carbonyl (C=O) groups is 1. The summed E-state index contributed by atoms with van der Waals surface area (Å²) in [4.78, 5) is 27.4. The van der Waals surface area contributed by atoms with Gasteiger partial charge in [0.1, 0.15) is 6.61 Å². The standard InChI is InChI=1S/C25H19ClN2O6/c1-15-18(7-5-9-21(15)28(30)31)24-27-20(25(29)34-24)12-16-10-11-22(23(13-16)32-2)33-14-17-6-3-4-8-19(17)26/h3-13H,14H2,1-2H3/b20-12-. The summed E-state index contributed by atoms with van der Waals surface area (Å²) in [6.45, 7) is 1.84. The monoisotopic (exact) mass is 478 g/mol. The highest BCUT2D eigenvalue weighted by Crippen LogP contribution is 2.31. The number of hydrogen-bond acceptors (Lipinski definition) is 7. The summed E-state index contributed by atoms with van der Waals surface area (Å²) < 4.78 is 16.6. The lowest BCUT2D eigenvalue weighted by Crippen LogP contribution is -2.08. The van der Waals surface area contributed by atoms with Crippen LogP contribution in [-0.4, -0.2) is 23.9 Å². The van der Waals surface area contributed by atoms with Crippen molar-refractivity contribution in [3.05, 3.63) is 104 Å². The third-order valence-corrected chi connectivity index (χ3v) is 5.55. The molecule has 8 nitrogen and oxygen atoms in total. The number of aliphatic imine (C=N–C) groups is 1. The van der Waals surface area contributed by atoms with Crippen LogP contribution >= 0.6 is 11.6 Å². The number of benzene rings is 3. The SMILES string of the molecule is COc1cc(/C=C2\N=C(c3cccc([N+](=O)[O-])c3C)OC2=O)ccc1OCc1ccccc1Cl. The molecule has 34 heavy (non-hydrogen) atoms. The van der Waals surface area contributed by atoms with E-state index in [1.165, 1.54) is 19.2 Å². The molecule has 4 rings (SSSR count). The molecule has 0 spiro atoms. The molecule has 1 aliphatic rings. The maximum Gasteiger partial charge on any atom is 0.363 e. The van der Waals surface area contributed by atoms with Gasteiger partial charge in [0.15, 0.2) is 17.2 Å². The van der Waals surface area contributed by atoms with E-state index in [9.17, 15) is 14.9 Å². The van der Waals surface area contributed by atoms with Gasteiger partial charge in [-0.1, -0.05) is 41.9 Å². The number of cyclic esters (lactones) is 1. The van der Waals surface area contributed by atoms with Gasteiger partial charge in [0, 0.05) is 27.8 Å². The molecule has 9 heteroatoms. The van der Waals surface area contributed by atoms with Gasteiger partial charge in [-0.25, -0.2) is 9.79 Å². The van der Waals surface area contributed by atoms with Crippen molar-refractivity contribution in [1.82, 2.24) is 0 Å². The molecule has 0 saturated carbocycles. The first-order valence-electron chi connectivity index (χ1n) is 10.2. The molecule has 0 radical (unpaired) electrons. The maximum absolute atomic E-state index is 12.4. The first-order chi connectivity index (χ1) is 16.4. The molecule has 0 amide bonds. The molecular formula is C25H19ClN2O6. The van der Waals surface area contributed by atoms with E-state index in [1.54, 1.807) is 43.3 Å². The van der Waals surface area contributed by atoms with E-state index in [2.05, 4.69) is 4.99 Å². The van der Waals surface area contributed by atoms with Gasteiger partial charge < -0.3 is 14.2 Å². The number of nitro benzene ring substituents is 1. The first kappa shape index (κ1) is 23.0. The largest absolute Gasteiger partial charge is 0.493 e. The van der Waals surface area contributed by atoms with E-state index >= 15 is 0 Å². The van der Waals surface area contributed by atoms with E-state index in [1.807, 2.05) is 18.2 Å². The van der Waals surface area contributed by atoms with E-state index in [4.69, 9.17) is 25.8 Å². The summed E-state index contributed by atoms with van der Waals surface area (Å²) in [5.41, 5.74) is 2.20. The Labute approximate surface area is 200 Å². The van der Waals surface area contributed by atoms with Crippen LogP contribution in [0.3, 0.4) is 0 Å². The Morgan fingerprint density at radius 3 is 2.65 bits per heavy atom. The number of halogens is 1. The van der Waals surface area contributed by atoms with Crippen LogP contribution in [0, 0.1) is 17.0 Å². The Morgan fingerprint density at radius 1 is 1.12 bits per heavy atom. The predicted octanol–water partition coefficient (Wildman–Crippen LogP) is 5.49. The summed E-state index contributed by atoms with van der Waals surface area (Å²) in [7, 11) is 1.51. The molecule has 0 atom stereocenters. The molecule has 172 valence electrons. The number of rotatable bonds is 7. The molecule has 3 aromatic carbocycles. The van der Waals surface area contributed by atoms with Gasteiger partial charge in [-0.05, 0) is 42.8 Å². The molecule has 0 aromatic heterocycles. The zero-order valence-corrected chi connectivity index (χ0v) is 19.0. The lowest BCUT2D eigenvalue weighted by atomic mass is 10.1. The molecule has 0 bridgehead atoms. The number of esters is 1. The van der Waals surface area contributed by atoms with Crippen LogP contribution in [0.1, 0.15) is 22.3 Å². The van der Waals surface area contributed by atoms with Gasteiger partial charge in [-0.2, -0.15) is 0 Å². The Morgan fingerprint density at radius 2 is 1.91 bits per heavy atom. The van der Waals surface area contributed by atoms with Gasteiger partial charge in [0.2, 0.25) is 5.90 Å². The quantitative estimate of drug-likeness (QED) is 0.193. The Bertz CT molecular complexity index is 1350. The summed E-state index contributed by atoms with van der Waals surface area (Å²) in [6, 6.07) is 17.1. The van der Waals surface area contributed by atoms with E-state index in [-0.39, 0.29) is 23.9 Å². The zero-order valence-electron chi connectivity index (χ0n) is 18.3. The van der Waals surface area contributed by atoms with Crippen molar-refractivity contribution in [2.24, 2.45) is 4.99 Å². The minimum Gasteiger partial charge on any atom is -0.493 e. The van der Waals surface area contributed by atoms with E-state index < -0.39 is 10.9 Å². The number of nitrogens with zero attached hydrogens (tertiary/aromatic N) is 2. The van der Waals surface area contributed by atoms with Crippen LogP contribution < -0.4 is 9.47 Å². The van der Waals surface area contributed by atoms with Crippen LogP contribution in [0.5, 0.6) is 11.5 Å². The van der Waals surface area contributed by atoms with Crippen molar-refractivity contribution in [3.63, 3.8) is 0 Å². The highest BCUT2D eigenvalue weighted by Gasteiger charge is 2.27. The van der Waals surface area contributed by atoms with E-state index in [0.717, 1.165) is 5.56 Å². The summed E-state index contributed by atoms with van der Waals surface area (Å²) in [5.74, 6) is 0.338. The van der Waals surface area contributed by atoms with Crippen molar-refractivity contribution >= 4 is 35.2 Å². The minimum atomic E-state index is -0.654. The summed E-state index contributed by atoms with van der Waals surface area (Å²) in [5, 5.41) is 11.8. The number of ether oxygens (including phenoxy) is 3. The predicted molar refractivity (Wildman–Crippen MR) is 127 cm³/mol. The molecule has 1 heterocycles. The van der Waals surface area contributed by atoms with E-state index in [0.29, 0.717) is 33.2 Å². The molecule has 0 fully saturated rings. The van der Waals surface area contributed by atoms with Crippen LogP contribution in [0.4, 0.5) is 5.69 Å². The number of nitro groups is 1. The Kier molecular flexibility index (Phi) is 6.60. The van der Waals surface area contributed by atoms with Gasteiger partial charge in [-0.15, -0.1) is 0 Å². The third-order valence-electron chi connectivity index (χ3n) is 5.18. The number of methoxy groups -OCH3 is 1. The van der Waals surface area contributed by atoms with Gasteiger partial charge in [-0.3, -0.25) is 10.1 Å². The Hall–Kier alpha value is -4.17. The van der Waals surface area contributed by atoms with Crippen molar-refractivity contribution < 1.29 is 23.9 Å². The van der Waals surface area contributed by atoms with Crippen LogP contribution in [0.2, 0.25) is 5.02 Å². The Balaban J connectivity index is 1.58. The normalized spacial score (nSPS) is 14.0. The van der Waals surface area contributed by atoms with Crippen molar-refractivity contribution in [3.8, 4) is 11.5 Å². The summed E-state index contributed by atoms with van der Waals surface area (Å²) in [6.07, 6.45) is 1.54. The molecule has 0 unspecified atom stereocenters. The minimum absolute atomic E-state index is 0.0177. The summed E-state index contributed by atoms with van der Waals surface area (Å²) >= 11 is 6.18. The highest BCUT2D eigenvalue weighted by molar-refractivity contribution is 6.31. The third kappa shape index (κ3) is 4.77. The molecule has 3 aromatic rings. The molecule has 0 saturated heterocycles. The lowest BCUT2D eigenvalue weighted by molar-refractivity contribution is -0.385. The molecule has 0 N–H and O–H groups in total. The van der Waals surface area contributed by atoms with Gasteiger partial charge in [0.05, 0.1) is 12.0 Å². The van der Waals surface area contributed by atoms with Crippen LogP contribution in [-0.2, 0) is 16.1 Å². The molecule has 0 aliphatic carbocycles. The second-order valence-corrected chi connectivity index (χ2v) is 7.74. The fourth-order valence-electron chi connectivity index (χ4n) is 3.40. The smallest absolute Gasteiger partial charge is 0.363 e. The van der Waals surface area contributed by atoms with Gasteiger partial charge >= 0.3 is 5.97 Å². The number of carbonyl (C=O) groups excluding carboxylic acids is 1. The highest BCUT2D eigenvalue weighted by atomic mass is 35.5. The van der Waals surface area contributed by atoms with Gasteiger partial charge in [0.25, 0.3) is 5.69 Å². The fourth-order valence-corrected chi connectivity index (χ4v) is 3.59. The van der Waals surface area contributed by atoms with Crippen molar-refractivity contribution in [1.29, 1.82) is 0 Å². The topological polar surface area (TPSA) is 100 Å². The second-order valence-electron chi connectivity index (χ2n) is 7.33.